The van der Waals surface area contributed by atoms with Crippen LogP contribution in [0.5, 0.6) is 11.5 Å². The molecule has 0 aliphatic rings. The summed E-state index contributed by atoms with van der Waals surface area (Å²) in [4.78, 5) is 47.4. The van der Waals surface area contributed by atoms with Crippen LogP contribution >= 0.6 is 0 Å². The fourth-order valence-corrected chi connectivity index (χ4v) is 2.75. The van der Waals surface area contributed by atoms with Gasteiger partial charge in [0.2, 0.25) is 0 Å². The summed E-state index contributed by atoms with van der Waals surface area (Å²) < 4.78 is 28.9. The van der Waals surface area contributed by atoms with E-state index in [9.17, 15) is 19.2 Å². The van der Waals surface area contributed by atoms with Gasteiger partial charge in [-0.25, -0.2) is 9.59 Å². The first-order chi connectivity index (χ1) is 15.6. The second-order valence-corrected chi connectivity index (χ2v) is 7.41. The van der Waals surface area contributed by atoms with Crippen molar-refractivity contribution in [1.29, 1.82) is 0 Å². The quantitative estimate of drug-likeness (QED) is 0.289. The highest BCUT2D eigenvalue weighted by atomic mass is 16.7. The number of carbonyl (C=O) groups is 4. The number of nitrogens with two attached hydrogens (primary N) is 1. The lowest BCUT2D eigenvalue weighted by atomic mass is 9.88. The minimum absolute atomic E-state index is 0.0144. The molecule has 0 aliphatic carbocycles. The lowest BCUT2D eigenvalue weighted by molar-refractivity contribution is -0.151. The molecule has 0 amide bonds. The van der Waals surface area contributed by atoms with Crippen molar-refractivity contribution in [2.45, 2.75) is 45.1 Å². The Morgan fingerprint density at radius 1 is 0.970 bits per heavy atom. The zero-order chi connectivity index (χ0) is 25.0. The van der Waals surface area contributed by atoms with E-state index in [1.165, 1.54) is 25.3 Å². The van der Waals surface area contributed by atoms with Gasteiger partial charge < -0.3 is 34.2 Å². The summed E-state index contributed by atoms with van der Waals surface area (Å²) in [6, 6.07) is 4.21. The van der Waals surface area contributed by atoms with Crippen LogP contribution in [0.4, 0.5) is 9.59 Å². The van der Waals surface area contributed by atoms with Gasteiger partial charge in [-0.3, -0.25) is 9.59 Å². The molecule has 33 heavy (non-hydrogen) atoms. The first-order valence-electron chi connectivity index (χ1n) is 10.3. The summed E-state index contributed by atoms with van der Waals surface area (Å²) in [6.45, 7) is 3.82. The third-order valence-electron chi connectivity index (χ3n) is 4.86. The van der Waals surface area contributed by atoms with Crippen molar-refractivity contribution in [2.75, 3.05) is 27.9 Å². The molecule has 0 aliphatic heterocycles. The van der Waals surface area contributed by atoms with Crippen LogP contribution in [-0.2, 0) is 35.0 Å². The van der Waals surface area contributed by atoms with Gasteiger partial charge in [0, 0.05) is 19.3 Å². The van der Waals surface area contributed by atoms with Gasteiger partial charge in [0.25, 0.3) is 0 Å². The molecule has 11 nitrogen and oxygen atoms in total. The smallest absolute Gasteiger partial charge is 0.468 e. The molecule has 0 aromatic heterocycles. The Hall–Kier alpha value is -3.34. The van der Waals surface area contributed by atoms with Crippen LogP contribution in [0, 0.1) is 5.92 Å². The summed E-state index contributed by atoms with van der Waals surface area (Å²) in [5.74, 6) is -1.19. The first kappa shape index (κ1) is 27.7. The highest BCUT2D eigenvalue weighted by Gasteiger charge is 2.36. The minimum atomic E-state index is -1.54. The van der Waals surface area contributed by atoms with Gasteiger partial charge >= 0.3 is 24.2 Å². The number of benzene rings is 1. The second-order valence-electron chi connectivity index (χ2n) is 7.41. The standard InChI is InChI=1S/C22H31NO10/c1-6-14(2)11-18(24)31-10-9-22(23,19(25)28-3)13-15-7-8-16(32-20(26)29-4)17(12-15)33-21(27)30-5/h7-8,12,14H,6,9-11,13,23H2,1-5H3/t14?,22-/m1/s1. The fraction of sp³-hybridized carbons (Fsp3) is 0.545. The van der Waals surface area contributed by atoms with Crippen molar-refractivity contribution >= 4 is 24.2 Å². The van der Waals surface area contributed by atoms with Gasteiger partial charge in [0.05, 0.1) is 27.9 Å². The molecule has 2 atom stereocenters. The van der Waals surface area contributed by atoms with Gasteiger partial charge in [-0.05, 0) is 23.6 Å². The number of methoxy groups -OCH3 is 3. The number of rotatable bonds is 11. The Kier molecular flexibility index (Phi) is 11.1. The zero-order valence-corrected chi connectivity index (χ0v) is 19.5. The molecule has 184 valence electrons. The lowest BCUT2D eigenvalue weighted by Gasteiger charge is -2.27. The maximum Gasteiger partial charge on any atom is 0.513 e. The first-order valence-corrected chi connectivity index (χ1v) is 10.3. The van der Waals surface area contributed by atoms with Crippen molar-refractivity contribution < 1.29 is 47.6 Å². The molecule has 0 saturated heterocycles. The highest BCUT2D eigenvalue weighted by molar-refractivity contribution is 5.81. The number of ether oxygens (including phenoxy) is 6. The molecule has 0 heterocycles. The summed E-state index contributed by atoms with van der Waals surface area (Å²) in [5, 5.41) is 0. The Morgan fingerprint density at radius 2 is 1.58 bits per heavy atom. The van der Waals surface area contributed by atoms with Crippen LogP contribution in [0.2, 0.25) is 0 Å². The number of carbonyl (C=O) groups excluding carboxylic acids is 4. The Balaban J connectivity index is 3.05. The number of hydrogen-bond donors (Lipinski definition) is 1. The minimum Gasteiger partial charge on any atom is -0.468 e. The topological polar surface area (TPSA) is 150 Å². The van der Waals surface area contributed by atoms with Crippen LogP contribution in [0.25, 0.3) is 0 Å². The molecule has 2 N–H and O–H groups in total. The number of esters is 2. The largest absolute Gasteiger partial charge is 0.513 e. The predicted octanol–water partition coefficient (Wildman–Crippen LogP) is 2.76. The molecule has 0 radical (unpaired) electrons. The molecular weight excluding hydrogens is 438 g/mol. The van der Waals surface area contributed by atoms with E-state index in [0.29, 0.717) is 5.56 Å². The molecule has 1 rings (SSSR count). The molecule has 0 saturated carbocycles. The summed E-state index contributed by atoms with van der Waals surface area (Å²) >= 11 is 0. The van der Waals surface area contributed by atoms with E-state index >= 15 is 0 Å². The molecule has 1 aromatic rings. The SMILES string of the molecule is CCC(C)CC(=O)OCC[C@@](N)(Cc1ccc(OC(=O)OC)c(OC(=O)OC)c1)C(=O)OC. The molecule has 0 bridgehead atoms. The zero-order valence-electron chi connectivity index (χ0n) is 19.5. The van der Waals surface area contributed by atoms with E-state index in [1.807, 2.05) is 13.8 Å². The van der Waals surface area contributed by atoms with Crippen molar-refractivity contribution in [3.05, 3.63) is 23.8 Å². The van der Waals surface area contributed by atoms with E-state index in [1.54, 1.807) is 0 Å². The predicted molar refractivity (Wildman–Crippen MR) is 115 cm³/mol. The molecule has 1 unspecified atom stereocenters. The Labute approximate surface area is 192 Å². The van der Waals surface area contributed by atoms with Gasteiger partial charge in [-0.15, -0.1) is 0 Å². The van der Waals surface area contributed by atoms with E-state index in [2.05, 4.69) is 9.47 Å². The average molecular weight is 469 g/mol. The van der Waals surface area contributed by atoms with Crippen molar-refractivity contribution in [3.63, 3.8) is 0 Å². The van der Waals surface area contributed by atoms with Crippen molar-refractivity contribution in [1.82, 2.24) is 0 Å². The highest BCUT2D eigenvalue weighted by Crippen LogP contribution is 2.31. The Bertz CT molecular complexity index is 840. The number of hydrogen-bond acceptors (Lipinski definition) is 11. The summed E-state index contributed by atoms with van der Waals surface area (Å²) in [5.41, 5.74) is 5.22. The third kappa shape index (κ3) is 8.97. The third-order valence-corrected chi connectivity index (χ3v) is 4.86. The Morgan fingerprint density at radius 3 is 2.12 bits per heavy atom. The summed E-state index contributed by atoms with van der Waals surface area (Å²) in [6.07, 6.45) is -1.05. The van der Waals surface area contributed by atoms with E-state index < -0.39 is 23.8 Å². The fourth-order valence-electron chi connectivity index (χ4n) is 2.75. The van der Waals surface area contributed by atoms with Crippen LogP contribution in [0.1, 0.15) is 38.7 Å². The maximum absolute atomic E-state index is 12.4. The maximum atomic E-state index is 12.4. The van der Waals surface area contributed by atoms with Crippen molar-refractivity contribution in [2.24, 2.45) is 11.7 Å². The molecule has 11 heteroatoms. The van der Waals surface area contributed by atoms with Crippen molar-refractivity contribution in [3.8, 4) is 11.5 Å². The summed E-state index contributed by atoms with van der Waals surface area (Å²) in [7, 11) is 3.42. The van der Waals surface area contributed by atoms with E-state index in [0.717, 1.165) is 20.6 Å². The molecule has 1 aromatic carbocycles. The second kappa shape index (κ2) is 13.3. The normalized spacial score (nSPS) is 13.2. The molecular formula is C22H31NO10. The lowest BCUT2D eigenvalue weighted by Crippen LogP contribution is -2.51. The van der Waals surface area contributed by atoms with Gasteiger partial charge in [0.15, 0.2) is 11.5 Å². The molecule has 0 fully saturated rings. The monoisotopic (exact) mass is 469 g/mol. The van der Waals surface area contributed by atoms with Gasteiger partial charge in [-0.1, -0.05) is 26.3 Å². The van der Waals surface area contributed by atoms with Crippen LogP contribution in [-0.4, -0.2) is 57.7 Å². The van der Waals surface area contributed by atoms with E-state index in [-0.39, 0.29) is 49.3 Å². The van der Waals surface area contributed by atoms with E-state index in [4.69, 9.17) is 24.7 Å². The van der Waals surface area contributed by atoms with Crippen LogP contribution < -0.4 is 15.2 Å². The van der Waals surface area contributed by atoms with Crippen LogP contribution in [0.3, 0.4) is 0 Å². The van der Waals surface area contributed by atoms with Gasteiger partial charge in [0.1, 0.15) is 5.54 Å². The molecule has 0 spiro atoms. The average Bonchev–Trinajstić information content (AvgIpc) is 2.79. The van der Waals surface area contributed by atoms with Gasteiger partial charge in [-0.2, -0.15) is 0 Å². The van der Waals surface area contributed by atoms with Crippen LogP contribution in [0.15, 0.2) is 18.2 Å².